The molecule has 0 aromatic carbocycles. The van der Waals surface area contributed by atoms with E-state index in [2.05, 4.69) is 16.7 Å². The van der Waals surface area contributed by atoms with Crippen LogP contribution in [0.4, 0.5) is 0 Å². The predicted octanol–water partition coefficient (Wildman–Crippen LogP) is 0.937. The molecule has 0 aromatic rings. The summed E-state index contributed by atoms with van der Waals surface area (Å²) in [4.78, 5) is 13.6. The average Bonchev–Trinajstić information content (AvgIpc) is 2.29. The normalized spacial score (nSPS) is 19.1. The van der Waals surface area contributed by atoms with Crippen LogP contribution in [0.1, 0.15) is 20.3 Å². The Balaban J connectivity index is 2.28. The van der Waals surface area contributed by atoms with Crippen molar-refractivity contribution in [2.45, 2.75) is 20.3 Å². The van der Waals surface area contributed by atoms with Crippen LogP contribution in [0, 0.1) is 17.8 Å². The third kappa shape index (κ3) is 4.46. The van der Waals surface area contributed by atoms with Gasteiger partial charge in [0.2, 0.25) is 5.78 Å². The van der Waals surface area contributed by atoms with E-state index < -0.39 is 0 Å². The van der Waals surface area contributed by atoms with E-state index in [1.165, 1.54) is 0 Å². The summed E-state index contributed by atoms with van der Waals surface area (Å²) in [5.41, 5.74) is 0. The summed E-state index contributed by atoms with van der Waals surface area (Å²) in [6.45, 7) is 8.02. The third-order valence-electron chi connectivity index (χ3n) is 2.68. The van der Waals surface area contributed by atoms with Crippen LogP contribution in [-0.2, 0) is 9.53 Å². The summed E-state index contributed by atoms with van der Waals surface area (Å²) in [6, 6.07) is 0. The molecule has 0 saturated carbocycles. The van der Waals surface area contributed by atoms with Gasteiger partial charge in [-0.15, -0.1) is 0 Å². The van der Waals surface area contributed by atoms with Crippen LogP contribution >= 0.6 is 0 Å². The summed E-state index contributed by atoms with van der Waals surface area (Å²) in [6.07, 6.45) is 0.866. The lowest BCUT2D eigenvalue weighted by atomic mass is 10.0. The van der Waals surface area contributed by atoms with Crippen molar-refractivity contribution in [3.63, 3.8) is 0 Å². The average molecular weight is 209 g/mol. The third-order valence-corrected chi connectivity index (χ3v) is 2.68. The first-order valence-electron chi connectivity index (χ1n) is 5.57. The molecule has 15 heavy (non-hydrogen) atoms. The molecule has 1 heterocycles. The van der Waals surface area contributed by atoms with E-state index in [0.29, 0.717) is 6.54 Å². The molecule has 0 amide bonds. The SMILES string of the molecule is CCC(C)C(=O)C#CCN1CCOCC1. The Bertz CT molecular complexity index is 259. The highest BCUT2D eigenvalue weighted by atomic mass is 16.5. The van der Waals surface area contributed by atoms with Crippen molar-refractivity contribution < 1.29 is 9.53 Å². The topological polar surface area (TPSA) is 29.5 Å². The first-order chi connectivity index (χ1) is 7.24. The van der Waals surface area contributed by atoms with Gasteiger partial charge in [0.25, 0.3) is 0 Å². The van der Waals surface area contributed by atoms with Gasteiger partial charge in [0.15, 0.2) is 0 Å². The molecule has 1 rings (SSSR count). The standard InChI is InChI=1S/C12H19NO2/c1-3-11(2)12(14)5-4-6-13-7-9-15-10-8-13/h11H,3,6-10H2,1-2H3. The van der Waals surface area contributed by atoms with Crippen molar-refractivity contribution in [3.05, 3.63) is 0 Å². The Morgan fingerprint density at radius 3 is 2.73 bits per heavy atom. The van der Waals surface area contributed by atoms with Crippen molar-refractivity contribution in [2.75, 3.05) is 32.8 Å². The van der Waals surface area contributed by atoms with Gasteiger partial charge in [0, 0.05) is 19.0 Å². The summed E-state index contributed by atoms with van der Waals surface area (Å²) in [5, 5.41) is 0. The van der Waals surface area contributed by atoms with Crippen LogP contribution < -0.4 is 0 Å². The molecular formula is C12H19NO2. The van der Waals surface area contributed by atoms with Crippen LogP contribution in [0.15, 0.2) is 0 Å². The number of hydrogen-bond donors (Lipinski definition) is 0. The van der Waals surface area contributed by atoms with Crippen LogP contribution in [0.3, 0.4) is 0 Å². The number of morpholine rings is 1. The molecule has 84 valence electrons. The Hall–Kier alpha value is -0.850. The van der Waals surface area contributed by atoms with Crippen molar-refractivity contribution in [3.8, 4) is 11.8 Å². The number of ether oxygens (including phenoxy) is 1. The smallest absolute Gasteiger partial charge is 0.208 e. The Labute approximate surface area is 91.8 Å². The zero-order chi connectivity index (χ0) is 11.1. The molecule has 0 aromatic heterocycles. The maximum atomic E-state index is 11.4. The van der Waals surface area contributed by atoms with Crippen molar-refractivity contribution in [2.24, 2.45) is 5.92 Å². The number of hydrogen-bond acceptors (Lipinski definition) is 3. The second-order valence-corrected chi connectivity index (χ2v) is 3.86. The van der Waals surface area contributed by atoms with E-state index in [0.717, 1.165) is 32.7 Å². The maximum Gasteiger partial charge on any atom is 0.208 e. The lowest BCUT2D eigenvalue weighted by molar-refractivity contribution is -0.116. The van der Waals surface area contributed by atoms with Crippen LogP contribution in [-0.4, -0.2) is 43.5 Å². The fourth-order valence-electron chi connectivity index (χ4n) is 1.31. The van der Waals surface area contributed by atoms with Gasteiger partial charge in [-0.3, -0.25) is 9.69 Å². The molecule has 1 aliphatic heterocycles. The van der Waals surface area contributed by atoms with Crippen molar-refractivity contribution >= 4 is 5.78 Å². The molecule has 0 bridgehead atoms. The van der Waals surface area contributed by atoms with E-state index in [9.17, 15) is 4.79 Å². The first-order valence-corrected chi connectivity index (χ1v) is 5.57. The quantitative estimate of drug-likeness (QED) is 0.512. The minimum absolute atomic E-state index is 0.0609. The van der Waals surface area contributed by atoms with Crippen molar-refractivity contribution in [1.29, 1.82) is 0 Å². The summed E-state index contributed by atoms with van der Waals surface area (Å²) in [5.74, 6) is 5.78. The second kappa shape index (κ2) is 6.60. The van der Waals surface area contributed by atoms with Gasteiger partial charge in [0.05, 0.1) is 19.8 Å². The van der Waals surface area contributed by atoms with Gasteiger partial charge in [-0.25, -0.2) is 0 Å². The zero-order valence-corrected chi connectivity index (χ0v) is 9.58. The Kier molecular flexibility index (Phi) is 5.38. The fraction of sp³-hybridized carbons (Fsp3) is 0.750. The summed E-state index contributed by atoms with van der Waals surface area (Å²) in [7, 11) is 0. The van der Waals surface area contributed by atoms with E-state index in [-0.39, 0.29) is 11.7 Å². The highest BCUT2D eigenvalue weighted by Gasteiger charge is 2.09. The second-order valence-electron chi connectivity index (χ2n) is 3.86. The van der Waals surface area contributed by atoms with Gasteiger partial charge in [-0.1, -0.05) is 19.8 Å². The molecule has 0 aliphatic carbocycles. The van der Waals surface area contributed by atoms with Crippen LogP contribution in [0.2, 0.25) is 0 Å². The van der Waals surface area contributed by atoms with E-state index >= 15 is 0 Å². The summed E-state index contributed by atoms with van der Waals surface area (Å²) >= 11 is 0. The number of carbonyl (C=O) groups excluding carboxylic acids is 1. The van der Waals surface area contributed by atoms with Crippen LogP contribution in [0.5, 0.6) is 0 Å². The summed E-state index contributed by atoms with van der Waals surface area (Å²) < 4.78 is 5.23. The molecular weight excluding hydrogens is 190 g/mol. The molecule has 1 atom stereocenters. The minimum atomic E-state index is 0.0609. The molecule has 1 saturated heterocycles. The maximum absolute atomic E-state index is 11.4. The monoisotopic (exact) mass is 209 g/mol. The highest BCUT2D eigenvalue weighted by Crippen LogP contribution is 2.00. The van der Waals surface area contributed by atoms with E-state index in [1.807, 2.05) is 13.8 Å². The Morgan fingerprint density at radius 1 is 1.47 bits per heavy atom. The Morgan fingerprint density at radius 2 is 2.13 bits per heavy atom. The number of carbonyl (C=O) groups is 1. The predicted molar refractivity (Wildman–Crippen MR) is 59.5 cm³/mol. The largest absolute Gasteiger partial charge is 0.379 e. The first kappa shape index (κ1) is 12.2. The van der Waals surface area contributed by atoms with Gasteiger partial charge in [-0.05, 0) is 12.3 Å². The molecule has 1 fully saturated rings. The molecule has 0 radical (unpaired) electrons. The number of rotatable bonds is 3. The molecule has 0 N–H and O–H groups in total. The zero-order valence-electron chi connectivity index (χ0n) is 9.58. The molecule has 0 spiro atoms. The van der Waals surface area contributed by atoms with E-state index in [4.69, 9.17) is 4.74 Å². The van der Waals surface area contributed by atoms with Gasteiger partial charge >= 0.3 is 0 Å². The van der Waals surface area contributed by atoms with Gasteiger partial charge < -0.3 is 4.74 Å². The van der Waals surface area contributed by atoms with Gasteiger partial charge in [0.1, 0.15) is 0 Å². The van der Waals surface area contributed by atoms with Crippen molar-refractivity contribution in [1.82, 2.24) is 4.90 Å². The minimum Gasteiger partial charge on any atom is -0.379 e. The fourth-order valence-corrected chi connectivity index (χ4v) is 1.31. The van der Waals surface area contributed by atoms with Gasteiger partial charge in [-0.2, -0.15) is 0 Å². The molecule has 1 unspecified atom stereocenters. The number of Topliss-reactive ketones (excluding diaryl/α,β-unsaturated/α-hetero) is 1. The molecule has 3 nitrogen and oxygen atoms in total. The highest BCUT2D eigenvalue weighted by molar-refractivity contribution is 5.97. The lowest BCUT2D eigenvalue weighted by Gasteiger charge is -2.24. The van der Waals surface area contributed by atoms with E-state index in [1.54, 1.807) is 0 Å². The lowest BCUT2D eigenvalue weighted by Crippen LogP contribution is -2.36. The molecule has 1 aliphatic rings. The van der Waals surface area contributed by atoms with Crippen LogP contribution in [0.25, 0.3) is 0 Å². The number of ketones is 1. The number of nitrogens with zero attached hydrogens (tertiary/aromatic N) is 1. The molecule has 3 heteroatoms.